The number of hydrogen-bond donors (Lipinski definition) is 3. The molecule has 2 aromatic rings. The summed E-state index contributed by atoms with van der Waals surface area (Å²) in [4.78, 5) is 17.9. The lowest BCUT2D eigenvalue weighted by Gasteiger charge is -2.26. The molecular formula is C14H16ClN3O4S. The van der Waals surface area contributed by atoms with Crippen molar-refractivity contribution in [2.75, 3.05) is 0 Å². The Hall–Kier alpha value is -1.64. The van der Waals surface area contributed by atoms with E-state index in [-0.39, 0.29) is 16.9 Å². The number of aliphatic carboxylic acids is 1. The van der Waals surface area contributed by atoms with Gasteiger partial charge in [-0.25, -0.2) is 18.1 Å². The van der Waals surface area contributed by atoms with E-state index in [1.54, 1.807) is 0 Å². The number of H-pyrrole nitrogens is 1. The number of sulfonamides is 1. The van der Waals surface area contributed by atoms with Crippen LogP contribution in [0.25, 0.3) is 11.0 Å². The molecule has 3 rings (SSSR count). The summed E-state index contributed by atoms with van der Waals surface area (Å²) in [5.41, 5.74) is 0.410. The largest absolute Gasteiger partial charge is 0.481 e. The number of nitrogens with zero attached hydrogens (tertiary/aromatic N) is 1. The van der Waals surface area contributed by atoms with E-state index in [2.05, 4.69) is 14.7 Å². The molecule has 9 heteroatoms. The number of pyridine rings is 1. The van der Waals surface area contributed by atoms with Crippen molar-refractivity contribution >= 4 is 38.6 Å². The molecule has 0 spiro atoms. The Kier molecular flexibility index (Phi) is 4.31. The summed E-state index contributed by atoms with van der Waals surface area (Å²) in [6.45, 7) is 0. The molecule has 0 aliphatic heterocycles. The van der Waals surface area contributed by atoms with Crippen LogP contribution in [0.5, 0.6) is 0 Å². The summed E-state index contributed by atoms with van der Waals surface area (Å²) in [6.07, 6.45) is 4.82. The molecule has 2 heterocycles. The van der Waals surface area contributed by atoms with Gasteiger partial charge in [-0.1, -0.05) is 11.6 Å². The molecule has 1 fully saturated rings. The Labute approximate surface area is 138 Å². The summed E-state index contributed by atoms with van der Waals surface area (Å²) in [5, 5.41) is 9.67. The van der Waals surface area contributed by atoms with Gasteiger partial charge in [0.25, 0.3) is 0 Å². The zero-order valence-corrected chi connectivity index (χ0v) is 13.7. The molecule has 7 nitrogen and oxygen atoms in total. The molecule has 2 aromatic heterocycles. The van der Waals surface area contributed by atoms with Gasteiger partial charge in [0.05, 0.1) is 16.3 Å². The molecule has 0 radical (unpaired) electrons. The number of carbonyl (C=O) groups is 1. The lowest BCUT2D eigenvalue weighted by atomic mass is 9.87. The minimum absolute atomic E-state index is 0.0611. The highest BCUT2D eigenvalue weighted by atomic mass is 35.5. The molecule has 1 aliphatic carbocycles. The zero-order valence-electron chi connectivity index (χ0n) is 12.1. The fourth-order valence-corrected chi connectivity index (χ4v) is 4.74. The maximum atomic E-state index is 12.6. The van der Waals surface area contributed by atoms with E-state index in [0.29, 0.717) is 41.7 Å². The number of hydrogen-bond acceptors (Lipinski definition) is 4. The van der Waals surface area contributed by atoms with Crippen LogP contribution in [0.1, 0.15) is 25.7 Å². The van der Waals surface area contributed by atoms with Crippen molar-refractivity contribution in [3.05, 3.63) is 23.5 Å². The first-order chi connectivity index (χ1) is 10.9. The average molecular weight is 358 g/mol. The molecule has 1 saturated carbocycles. The molecule has 23 heavy (non-hydrogen) atoms. The van der Waals surface area contributed by atoms with Gasteiger partial charge in [-0.05, 0) is 31.7 Å². The van der Waals surface area contributed by atoms with Crippen LogP contribution >= 0.6 is 11.6 Å². The predicted molar refractivity (Wildman–Crippen MR) is 84.8 cm³/mol. The Balaban J connectivity index is 1.81. The first-order valence-corrected chi connectivity index (χ1v) is 9.11. The first-order valence-electron chi connectivity index (χ1n) is 7.25. The first kappa shape index (κ1) is 16.2. The van der Waals surface area contributed by atoms with Gasteiger partial charge in [0.15, 0.2) is 0 Å². The van der Waals surface area contributed by atoms with E-state index < -0.39 is 16.0 Å². The summed E-state index contributed by atoms with van der Waals surface area (Å²) >= 11 is 6.09. The second-order valence-electron chi connectivity index (χ2n) is 5.68. The van der Waals surface area contributed by atoms with Gasteiger partial charge in [-0.3, -0.25) is 4.79 Å². The standard InChI is InChI=1S/C14H16ClN3O4S/c15-10-5-6-16-13-12(10)11(7-17-13)23(21,22)18-9-3-1-8(2-4-9)14(19)20/h5-9,18H,1-4H2,(H,16,17)(H,19,20). The van der Waals surface area contributed by atoms with Crippen LogP contribution in [0.15, 0.2) is 23.4 Å². The predicted octanol–water partition coefficient (Wildman–Crippen LogP) is 2.14. The second kappa shape index (κ2) is 6.10. The van der Waals surface area contributed by atoms with Gasteiger partial charge in [-0.2, -0.15) is 0 Å². The summed E-state index contributed by atoms with van der Waals surface area (Å²) in [6, 6.07) is 1.27. The van der Waals surface area contributed by atoms with Crippen molar-refractivity contribution in [2.24, 2.45) is 5.92 Å². The average Bonchev–Trinajstić information content (AvgIpc) is 2.94. The smallest absolute Gasteiger partial charge is 0.306 e. The van der Waals surface area contributed by atoms with Gasteiger partial charge < -0.3 is 10.1 Å². The van der Waals surface area contributed by atoms with E-state index in [1.807, 2.05) is 0 Å². The lowest BCUT2D eigenvalue weighted by Crippen LogP contribution is -2.38. The normalized spacial score (nSPS) is 22.3. The van der Waals surface area contributed by atoms with E-state index in [4.69, 9.17) is 16.7 Å². The highest BCUT2D eigenvalue weighted by molar-refractivity contribution is 7.89. The van der Waals surface area contributed by atoms with Crippen LogP contribution in [0, 0.1) is 5.92 Å². The van der Waals surface area contributed by atoms with E-state index in [1.165, 1.54) is 18.5 Å². The molecule has 0 aromatic carbocycles. The number of carboxylic acid groups (broad SMARTS) is 1. The molecule has 1 aliphatic rings. The number of nitrogens with one attached hydrogen (secondary N) is 2. The fraction of sp³-hybridized carbons (Fsp3) is 0.429. The second-order valence-corrected chi connectivity index (χ2v) is 7.77. The van der Waals surface area contributed by atoms with Gasteiger partial charge in [0.1, 0.15) is 10.5 Å². The fourth-order valence-electron chi connectivity index (χ4n) is 2.94. The third-order valence-corrected chi connectivity index (χ3v) is 6.03. The molecule has 0 saturated heterocycles. The van der Waals surface area contributed by atoms with Crippen LogP contribution in [-0.4, -0.2) is 35.5 Å². The summed E-state index contributed by atoms with van der Waals surface area (Å²) in [5.74, 6) is -1.21. The number of rotatable bonds is 4. The minimum Gasteiger partial charge on any atom is -0.481 e. The van der Waals surface area contributed by atoms with Crippen molar-refractivity contribution in [3.63, 3.8) is 0 Å². The van der Waals surface area contributed by atoms with Crippen molar-refractivity contribution in [2.45, 2.75) is 36.6 Å². The third kappa shape index (κ3) is 3.19. The van der Waals surface area contributed by atoms with Gasteiger partial charge in [0.2, 0.25) is 10.0 Å². The van der Waals surface area contributed by atoms with Crippen LogP contribution in [0.2, 0.25) is 5.02 Å². The topological polar surface area (TPSA) is 112 Å². The number of halogens is 1. The van der Waals surface area contributed by atoms with Crippen molar-refractivity contribution in [1.29, 1.82) is 0 Å². The maximum absolute atomic E-state index is 12.6. The number of carboxylic acids is 1. The quantitative estimate of drug-likeness (QED) is 0.776. The van der Waals surface area contributed by atoms with Crippen LogP contribution in [0.3, 0.4) is 0 Å². The number of fused-ring (bicyclic) bond motifs is 1. The van der Waals surface area contributed by atoms with E-state index in [9.17, 15) is 13.2 Å². The van der Waals surface area contributed by atoms with Crippen LogP contribution in [0.4, 0.5) is 0 Å². The molecule has 0 amide bonds. The van der Waals surface area contributed by atoms with Crippen molar-refractivity contribution in [1.82, 2.24) is 14.7 Å². The molecule has 0 bridgehead atoms. The minimum atomic E-state index is -3.76. The molecule has 124 valence electrons. The van der Waals surface area contributed by atoms with Gasteiger partial charge in [0, 0.05) is 18.4 Å². The van der Waals surface area contributed by atoms with E-state index in [0.717, 1.165) is 0 Å². The summed E-state index contributed by atoms with van der Waals surface area (Å²) in [7, 11) is -3.76. The molecule has 0 unspecified atom stereocenters. The van der Waals surface area contributed by atoms with Crippen molar-refractivity contribution in [3.8, 4) is 0 Å². The highest BCUT2D eigenvalue weighted by Crippen LogP contribution is 2.30. The van der Waals surface area contributed by atoms with Crippen LogP contribution in [-0.2, 0) is 14.8 Å². The SMILES string of the molecule is O=C(O)C1CCC(NS(=O)(=O)c2c[nH]c3nccc(Cl)c23)CC1. The van der Waals surface area contributed by atoms with Gasteiger partial charge >= 0.3 is 5.97 Å². The monoisotopic (exact) mass is 357 g/mol. The van der Waals surface area contributed by atoms with Crippen LogP contribution < -0.4 is 4.72 Å². The Morgan fingerprint density at radius 2 is 2.04 bits per heavy atom. The Morgan fingerprint density at radius 1 is 1.35 bits per heavy atom. The Bertz CT molecular complexity index is 841. The number of aromatic nitrogens is 2. The molecule has 0 atom stereocenters. The zero-order chi connectivity index (χ0) is 16.6. The lowest BCUT2D eigenvalue weighted by molar-refractivity contribution is -0.142. The third-order valence-electron chi connectivity index (χ3n) is 4.17. The summed E-state index contributed by atoms with van der Waals surface area (Å²) < 4.78 is 27.9. The Morgan fingerprint density at radius 3 is 2.70 bits per heavy atom. The highest BCUT2D eigenvalue weighted by Gasteiger charge is 2.30. The number of aromatic amines is 1. The van der Waals surface area contributed by atoms with Gasteiger partial charge in [-0.15, -0.1) is 0 Å². The maximum Gasteiger partial charge on any atom is 0.306 e. The molecular weight excluding hydrogens is 342 g/mol. The van der Waals surface area contributed by atoms with E-state index >= 15 is 0 Å². The van der Waals surface area contributed by atoms with Crippen molar-refractivity contribution < 1.29 is 18.3 Å². The molecule has 3 N–H and O–H groups in total.